The summed E-state index contributed by atoms with van der Waals surface area (Å²) in [6.45, 7) is 4.20. The minimum atomic E-state index is -0.267. The van der Waals surface area contributed by atoms with Crippen molar-refractivity contribution in [3.05, 3.63) is 39.6 Å². The number of H-pyrrole nitrogens is 1. The third-order valence-electron chi connectivity index (χ3n) is 4.15. The van der Waals surface area contributed by atoms with Gasteiger partial charge < -0.3 is 5.32 Å². The molecule has 3 rings (SSSR count). The Balaban J connectivity index is 1.75. The van der Waals surface area contributed by atoms with Gasteiger partial charge in [-0.3, -0.25) is 24.1 Å². The Labute approximate surface area is 128 Å². The lowest BCUT2D eigenvalue weighted by atomic mass is 9.93. The summed E-state index contributed by atoms with van der Waals surface area (Å²) in [4.78, 5) is 23.6. The van der Waals surface area contributed by atoms with Crippen molar-refractivity contribution in [1.82, 2.24) is 24.9 Å². The van der Waals surface area contributed by atoms with Gasteiger partial charge in [-0.1, -0.05) is 0 Å². The van der Waals surface area contributed by atoms with Crippen molar-refractivity contribution >= 4 is 5.91 Å². The molecule has 0 fully saturated rings. The first-order chi connectivity index (χ1) is 10.5. The van der Waals surface area contributed by atoms with E-state index in [1.807, 2.05) is 10.9 Å². The average molecular weight is 303 g/mol. The minimum Gasteiger partial charge on any atom is -0.348 e. The second-order valence-corrected chi connectivity index (χ2v) is 6.13. The number of aryl methyl sites for hydroxylation is 2. The molecule has 22 heavy (non-hydrogen) atoms. The molecule has 2 N–H and O–H groups in total. The third kappa shape index (κ3) is 2.58. The molecule has 0 spiro atoms. The van der Waals surface area contributed by atoms with E-state index in [2.05, 4.69) is 29.4 Å². The van der Waals surface area contributed by atoms with Crippen LogP contribution in [0, 0.1) is 0 Å². The maximum atomic E-state index is 12.3. The third-order valence-corrected chi connectivity index (χ3v) is 4.15. The van der Waals surface area contributed by atoms with Gasteiger partial charge in [-0.25, -0.2) is 0 Å². The number of aromatic nitrogens is 4. The molecule has 2 aromatic heterocycles. The van der Waals surface area contributed by atoms with Gasteiger partial charge in [0, 0.05) is 37.3 Å². The molecule has 0 saturated heterocycles. The van der Waals surface area contributed by atoms with Crippen LogP contribution in [0.1, 0.15) is 48.1 Å². The van der Waals surface area contributed by atoms with Crippen LogP contribution in [-0.2, 0) is 19.9 Å². The molecular formula is C15H21N5O2. The fraction of sp³-hybridized carbons (Fsp3) is 0.533. The molecule has 0 aromatic carbocycles. The van der Waals surface area contributed by atoms with Gasteiger partial charge in [-0.15, -0.1) is 0 Å². The van der Waals surface area contributed by atoms with Crippen LogP contribution in [0.25, 0.3) is 0 Å². The highest BCUT2D eigenvalue weighted by molar-refractivity contribution is 5.92. The predicted octanol–water partition coefficient (Wildman–Crippen LogP) is 0.778. The molecule has 1 unspecified atom stereocenters. The fourth-order valence-electron chi connectivity index (χ4n) is 3.05. The molecule has 1 aliphatic carbocycles. The summed E-state index contributed by atoms with van der Waals surface area (Å²) >= 11 is 0. The van der Waals surface area contributed by atoms with Gasteiger partial charge in [0.2, 0.25) is 0 Å². The van der Waals surface area contributed by atoms with E-state index in [-0.39, 0.29) is 17.5 Å². The molecule has 1 aliphatic rings. The van der Waals surface area contributed by atoms with Crippen molar-refractivity contribution in [2.75, 3.05) is 0 Å². The number of carbonyl (C=O) groups is 1. The number of aromatic amines is 1. The lowest BCUT2D eigenvalue weighted by Gasteiger charge is -2.25. The van der Waals surface area contributed by atoms with Gasteiger partial charge in [0.1, 0.15) is 5.69 Å². The topological polar surface area (TPSA) is 84.7 Å². The van der Waals surface area contributed by atoms with Crippen molar-refractivity contribution in [3.63, 3.8) is 0 Å². The van der Waals surface area contributed by atoms with Crippen LogP contribution in [0.4, 0.5) is 0 Å². The first-order valence-electron chi connectivity index (χ1n) is 7.58. The van der Waals surface area contributed by atoms with Gasteiger partial charge >= 0.3 is 0 Å². The van der Waals surface area contributed by atoms with E-state index < -0.39 is 0 Å². The summed E-state index contributed by atoms with van der Waals surface area (Å²) in [7, 11) is 1.66. The molecule has 7 nitrogen and oxygen atoms in total. The van der Waals surface area contributed by atoms with E-state index in [1.165, 1.54) is 22.0 Å². The lowest BCUT2D eigenvalue weighted by Crippen LogP contribution is -2.40. The van der Waals surface area contributed by atoms with E-state index in [0.717, 1.165) is 19.3 Å². The van der Waals surface area contributed by atoms with Crippen LogP contribution in [0.3, 0.4) is 0 Å². The molecule has 118 valence electrons. The molecule has 2 aromatic rings. The Kier molecular flexibility index (Phi) is 3.64. The van der Waals surface area contributed by atoms with Crippen molar-refractivity contribution in [3.8, 4) is 0 Å². The predicted molar refractivity (Wildman–Crippen MR) is 81.9 cm³/mol. The van der Waals surface area contributed by atoms with E-state index in [9.17, 15) is 9.59 Å². The van der Waals surface area contributed by atoms with Gasteiger partial charge in [0.15, 0.2) is 0 Å². The highest BCUT2D eigenvalue weighted by Crippen LogP contribution is 2.23. The van der Waals surface area contributed by atoms with E-state index in [0.29, 0.717) is 11.7 Å². The van der Waals surface area contributed by atoms with Crippen molar-refractivity contribution in [2.45, 2.75) is 45.2 Å². The van der Waals surface area contributed by atoms with Crippen molar-refractivity contribution in [2.24, 2.45) is 7.05 Å². The summed E-state index contributed by atoms with van der Waals surface area (Å²) in [6, 6.07) is 1.70. The molecule has 0 saturated carbocycles. The van der Waals surface area contributed by atoms with Crippen LogP contribution >= 0.6 is 0 Å². The molecule has 7 heteroatoms. The summed E-state index contributed by atoms with van der Waals surface area (Å²) in [6.07, 6.45) is 4.51. The number of rotatable bonds is 3. The smallest absolute Gasteiger partial charge is 0.269 e. The van der Waals surface area contributed by atoms with Crippen LogP contribution in [0.2, 0.25) is 0 Å². The lowest BCUT2D eigenvalue weighted by molar-refractivity contribution is 0.0923. The fourth-order valence-corrected chi connectivity index (χ4v) is 3.05. The standard InChI is InChI=1S/C15H21N5O2/c1-9(2)20-12-6-11(5-4-10(12)8-16-20)17-15(22)13-7-14(21)18-19(13)3/h7-9,11H,4-6H2,1-3H3,(H,17,22)(H,18,21). The first-order valence-corrected chi connectivity index (χ1v) is 7.58. The zero-order chi connectivity index (χ0) is 15.9. The van der Waals surface area contributed by atoms with Crippen LogP contribution in [0.15, 0.2) is 17.1 Å². The molecule has 0 aliphatic heterocycles. The molecule has 0 bridgehead atoms. The molecular weight excluding hydrogens is 282 g/mol. The molecule has 1 atom stereocenters. The average Bonchev–Trinajstić information content (AvgIpc) is 3.01. The second kappa shape index (κ2) is 5.47. The number of hydrogen-bond acceptors (Lipinski definition) is 3. The number of carbonyl (C=O) groups excluding carboxylic acids is 1. The first kappa shape index (κ1) is 14.6. The normalized spacial score (nSPS) is 17.5. The SMILES string of the molecule is CC(C)n1ncc2c1CC(NC(=O)c1cc(=O)[nH]n1C)CC2. The van der Waals surface area contributed by atoms with E-state index >= 15 is 0 Å². The largest absolute Gasteiger partial charge is 0.348 e. The monoisotopic (exact) mass is 303 g/mol. The van der Waals surface area contributed by atoms with Gasteiger partial charge in [0.25, 0.3) is 11.5 Å². The minimum absolute atomic E-state index is 0.0687. The van der Waals surface area contributed by atoms with Gasteiger partial charge in [-0.05, 0) is 32.3 Å². The summed E-state index contributed by atoms with van der Waals surface area (Å²) in [5.41, 5.74) is 2.56. The zero-order valence-corrected chi connectivity index (χ0v) is 13.1. The van der Waals surface area contributed by atoms with Crippen molar-refractivity contribution < 1.29 is 4.79 Å². The number of nitrogens with one attached hydrogen (secondary N) is 2. The van der Waals surface area contributed by atoms with Gasteiger partial charge in [-0.2, -0.15) is 5.10 Å². The maximum absolute atomic E-state index is 12.3. The highest BCUT2D eigenvalue weighted by atomic mass is 16.2. The van der Waals surface area contributed by atoms with E-state index in [4.69, 9.17) is 0 Å². The Morgan fingerprint density at radius 2 is 2.27 bits per heavy atom. The number of hydrogen-bond donors (Lipinski definition) is 2. The summed E-state index contributed by atoms with van der Waals surface area (Å²) in [5.74, 6) is -0.218. The molecule has 1 amide bonds. The van der Waals surface area contributed by atoms with Crippen LogP contribution in [0.5, 0.6) is 0 Å². The number of amides is 1. The Morgan fingerprint density at radius 1 is 1.50 bits per heavy atom. The Hall–Kier alpha value is -2.31. The molecule has 2 heterocycles. The number of fused-ring (bicyclic) bond motifs is 1. The van der Waals surface area contributed by atoms with Crippen molar-refractivity contribution in [1.29, 1.82) is 0 Å². The van der Waals surface area contributed by atoms with E-state index in [1.54, 1.807) is 7.05 Å². The number of nitrogens with zero attached hydrogens (tertiary/aromatic N) is 3. The van der Waals surface area contributed by atoms with Crippen LogP contribution in [-0.4, -0.2) is 31.5 Å². The summed E-state index contributed by atoms with van der Waals surface area (Å²) in [5, 5.41) is 10.0. The van der Waals surface area contributed by atoms with Crippen LogP contribution < -0.4 is 10.9 Å². The summed E-state index contributed by atoms with van der Waals surface area (Å²) < 4.78 is 3.48. The maximum Gasteiger partial charge on any atom is 0.269 e. The zero-order valence-electron chi connectivity index (χ0n) is 13.1. The molecule has 0 radical (unpaired) electrons. The quantitative estimate of drug-likeness (QED) is 0.878. The second-order valence-electron chi connectivity index (χ2n) is 6.13. The Bertz CT molecular complexity index is 752. The Morgan fingerprint density at radius 3 is 2.91 bits per heavy atom. The highest BCUT2D eigenvalue weighted by Gasteiger charge is 2.25. The van der Waals surface area contributed by atoms with Gasteiger partial charge in [0.05, 0.1) is 6.20 Å².